The van der Waals surface area contributed by atoms with E-state index in [1.807, 2.05) is 43.0 Å². The molecule has 4 nitrogen and oxygen atoms in total. The average Bonchev–Trinajstić information content (AvgIpc) is 2.30. The van der Waals surface area contributed by atoms with E-state index >= 15 is 0 Å². The minimum atomic E-state index is -0.805. The molecule has 0 saturated carbocycles. The van der Waals surface area contributed by atoms with Gasteiger partial charge in [-0.25, -0.2) is 0 Å². The zero-order valence-electron chi connectivity index (χ0n) is 10.3. The molecule has 0 saturated heterocycles. The van der Waals surface area contributed by atoms with Crippen LogP contribution in [0.25, 0.3) is 0 Å². The summed E-state index contributed by atoms with van der Waals surface area (Å²) in [5.74, 6) is 0.0274. The van der Waals surface area contributed by atoms with Gasteiger partial charge in [0.15, 0.2) is 0 Å². The number of carboxylic acids is 1. The van der Waals surface area contributed by atoms with E-state index in [1.54, 1.807) is 0 Å². The fraction of sp³-hybridized carbons (Fsp3) is 0.462. The summed E-state index contributed by atoms with van der Waals surface area (Å²) in [6, 6.07) is 7.73. The van der Waals surface area contributed by atoms with Gasteiger partial charge in [-0.3, -0.25) is 9.69 Å². The number of hydrogen-bond acceptors (Lipinski definition) is 3. The lowest BCUT2D eigenvalue weighted by atomic mass is 10.2. The smallest absolute Gasteiger partial charge is 0.317 e. The Morgan fingerprint density at radius 1 is 1.35 bits per heavy atom. The van der Waals surface area contributed by atoms with Gasteiger partial charge in [-0.05, 0) is 19.5 Å². The first-order chi connectivity index (χ1) is 8.17. The normalized spacial score (nSPS) is 10.5. The molecule has 1 N–H and O–H groups in total. The quantitative estimate of drug-likeness (QED) is 0.788. The molecular weight excluding hydrogens is 218 g/mol. The maximum atomic E-state index is 10.7. The Morgan fingerprint density at radius 3 is 2.65 bits per heavy atom. The summed E-state index contributed by atoms with van der Waals surface area (Å²) in [5, 5.41) is 8.79. The predicted octanol–water partition coefficient (Wildman–Crippen LogP) is 1.99. The number of carbonyl (C=O) groups is 1. The summed E-state index contributed by atoms with van der Waals surface area (Å²) in [4.78, 5) is 12.6. The van der Waals surface area contributed by atoms with Gasteiger partial charge in [0.2, 0.25) is 0 Å². The fourth-order valence-corrected chi connectivity index (χ4v) is 1.64. The molecule has 17 heavy (non-hydrogen) atoms. The molecular formula is C13H19NO3. The van der Waals surface area contributed by atoms with Crippen LogP contribution >= 0.6 is 0 Å². The second-order valence-electron chi connectivity index (χ2n) is 3.74. The van der Waals surface area contributed by atoms with Crippen molar-refractivity contribution in [2.24, 2.45) is 0 Å². The number of likely N-dealkylation sites (N-methyl/N-ethyl adjacent to an activating group) is 1. The van der Waals surface area contributed by atoms with E-state index in [-0.39, 0.29) is 6.54 Å². The highest BCUT2D eigenvalue weighted by Crippen LogP contribution is 2.19. The zero-order valence-corrected chi connectivity index (χ0v) is 10.3. The van der Waals surface area contributed by atoms with Gasteiger partial charge in [0.1, 0.15) is 5.75 Å². The zero-order chi connectivity index (χ0) is 12.7. The summed E-state index contributed by atoms with van der Waals surface area (Å²) in [6.07, 6.45) is 0. The summed E-state index contributed by atoms with van der Waals surface area (Å²) >= 11 is 0. The number of aliphatic carboxylic acids is 1. The lowest BCUT2D eigenvalue weighted by Gasteiger charge is -2.19. The number of para-hydroxylation sites is 1. The SMILES string of the molecule is CCOc1ccccc1CN(CC)CC(=O)O. The average molecular weight is 237 g/mol. The molecule has 0 heterocycles. The van der Waals surface area contributed by atoms with E-state index in [0.717, 1.165) is 11.3 Å². The lowest BCUT2D eigenvalue weighted by molar-refractivity contribution is -0.138. The third kappa shape index (κ3) is 4.44. The van der Waals surface area contributed by atoms with Gasteiger partial charge in [0.25, 0.3) is 0 Å². The highest BCUT2D eigenvalue weighted by atomic mass is 16.5. The highest BCUT2D eigenvalue weighted by molar-refractivity contribution is 5.69. The first-order valence-electron chi connectivity index (χ1n) is 5.82. The molecule has 0 aliphatic carbocycles. The highest BCUT2D eigenvalue weighted by Gasteiger charge is 2.10. The molecule has 0 bridgehead atoms. The summed E-state index contributed by atoms with van der Waals surface area (Å²) < 4.78 is 5.51. The van der Waals surface area contributed by atoms with Crippen molar-refractivity contribution in [3.63, 3.8) is 0 Å². The topological polar surface area (TPSA) is 49.8 Å². The molecule has 1 rings (SSSR count). The molecule has 0 aliphatic rings. The molecule has 0 aliphatic heterocycles. The van der Waals surface area contributed by atoms with Gasteiger partial charge in [-0.2, -0.15) is 0 Å². The Balaban J connectivity index is 2.74. The molecule has 1 aromatic carbocycles. The van der Waals surface area contributed by atoms with Crippen LogP contribution in [0.2, 0.25) is 0 Å². The molecule has 4 heteroatoms. The monoisotopic (exact) mass is 237 g/mol. The lowest BCUT2D eigenvalue weighted by Crippen LogP contribution is -2.29. The number of benzene rings is 1. The number of hydrogen-bond donors (Lipinski definition) is 1. The molecule has 0 amide bonds. The third-order valence-electron chi connectivity index (χ3n) is 2.47. The standard InChI is InChI=1S/C13H19NO3/c1-3-14(10-13(15)16)9-11-7-5-6-8-12(11)17-4-2/h5-8H,3-4,9-10H2,1-2H3,(H,15,16). The van der Waals surface area contributed by atoms with Crippen molar-refractivity contribution >= 4 is 5.97 Å². The van der Waals surface area contributed by atoms with Crippen molar-refractivity contribution in [1.29, 1.82) is 0 Å². The first-order valence-corrected chi connectivity index (χ1v) is 5.82. The number of nitrogens with zero attached hydrogens (tertiary/aromatic N) is 1. The van der Waals surface area contributed by atoms with Gasteiger partial charge >= 0.3 is 5.97 Å². The second kappa shape index (κ2) is 6.91. The van der Waals surface area contributed by atoms with Crippen molar-refractivity contribution in [3.8, 4) is 5.75 Å². The molecule has 0 radical (unpaired) electrons. The van der Waals surface area contributed by atoms with Crippen LogP contribution in [0.1, 0.15) is 19.4 Å². The number of rotatable bonds is 7. The van der Waals surface area contributed by atoms with Crippen molar-refractivity contribution in [3.05, 3.63) is 29.8 Å². The van der Waals surface area contributed by atoms with Crippen LogP contribution in [0, 0.1) is 0 Å². The predicted molar refractivity (Wildman–Crippen MR) is 66.2 cm³/mol. The van der Waals surface area contributed by atoms with Gasteiger partial charge < -0.3 is 9.84 Å². The van der Waals surface area contributed by atoms with Gasteiger partial charge in [-0.1, -0.05) is 25.1 Å². The Morgan fingerprint density at radius 2 is 2.06 bits per heavy atom. The van der Waals surface area contributed by atoms with Crippen molar-refractivity contribution in [2.75, 3.05) is 19.7 Å². The van der Waals surface area contributed by atoms with Crippen LogP contribution < -0.4 is 4.74 Å². The van der Waals surface area contributed by atoms with Crippen molar-refractivity contribution in [1.82, 2.24) is 4.90 Å². The maximum Gasteiger partial charge on any atom is 0.317 e. The molecule has 0 spiro atoms. The van der Waals surface area contributed by atoms with Gasteiger partial charge in [0, 0.05) is 12.1 Å². The largest absolute Gasteiger partial charge is 0.494 e. The van der Waals surface area contributed by atoms with Crippen LogP contribution in [-0.2, 0) is 11.3 Å². The maximum absolute atomic E-state index is 10.7. The Labute approximate surface area is 102 Å². The van der Waals surface area contributed by atoms with Crippen LogP contribution in [0.5, 0.6) is 5.75 Å². The summed E-state index contributed by atoms with van der Waals surface area (Å²) in [5.41, 5.74) is 1.03. The fourth-order valence-electron chi connectivity index (χ4n) is 1.64. The molecule has 94 valence electrons. The minimum Gasteiger partial charge on any atom is -0.494 e. The minimum absolute atomic E-state index is 0.0525. The van der Waals surface area contributed by atoms with E-state index < -0.39 is 5.97 Å². The Hall–Kier alpha value is -1.55. The van der Waals surface area contributed by atoms with Crippen LogP contribution in [0.3, 0.4) is 0 Å². The third-order valence-corrected chi connectivity index (χ3v) is 2.47. The number of carboxylic acid groups (broad SMARTS) is 1. The molecule has 0 atom stereocenters. The van der Waals surface area contributed by atoms with Gasteiger partial charge in [-0.15, -0.1) is 0 Å². The van der Waals surface area contributed by atoms with E-state index in [0.29, 0.717) is 19.7 Å². The van der Waals surface area contributed by atoms with Crippen molar-refractivity contribution in [2.45, 2.75) is 20.4 Å². The van der Waals surface area contributed by atoms with E-state index in [9.17, 15) is 4.79 Å². The molecule has 0 aromatic heterocycles. The van der Waals surface area contributed by atoms with Crippen LogP contribution in [0.4, 0.5) is 0 Å². The summed E-state index contributed by atoms with van der Waals surface area (Å²) in [7, 11) is 0. The molecule has 0 fully saturated rings. The van der Waals surface area contributed by atoms with Gasteiger partial charge in [0.05, 0.1) is 13.2 Å². The van der Waals surface area contributed by atoms with Crippen molar-refractivity contribution < 1.29 is 14.6 Å². The Bertz CT molecular complexity index is 365. The number of ether oxygens (including phenoxy) is 1. The Kier molecular flexibility index (Phi) is 5.49. The first kappa shape index (κ1) is 13.5. The van der Waals surface area contributed by atoms with Crippen LogP contribution in [0.15, 0.2) is 24.3 Å². The second-order valence-corrected chi connectivity index (χ2v) is 3.74. The van der Waals surface area contributed by atoms with E-state index in [1.165, 1.54) is 0 Å². The van der Waals surface area contributed by atoms with E-state index in [4.69, 9.17) is 9.84 Å². The van der Waals surface area contributed by atoms with Crippen LogP contribution in [-0.4, -0.2) is 35.7 Å². The molecule has 0 unspecified atom stereocenters. The molecule has 1 aromatic rings. The summed E-state index contributed by atoms with van der Waals surface area (Å²) in [6.45, 7) is 5.85. The van der Waals surface area contributed by atoms with E-state index in [2.05, 4.69) is 0 Å².